The second-order valence-electron chi connectivity index (χ2n) is 5.99. The number of sulfonamides is 1. The van der Waals surface area contributed by atoms with Crippen LogP contribution in [0.4, 0.5) is 0 Å². The number of rotatable bonds is 4. The van der Waals surface area contributed by atoms with Gasteiger partial charge in [0.15, 0.2) is 0 Å². The minimum Gasteiger partial charge on any atom is -0.497 e. The Morgan fingerprint density at radius 1 is 1.08 bits per heavy atom. The minimum absolute atomic E-state index is 0.132. The molecule has 0 spiro atoms. The van der Waals surface area contributed by atoms with E-state index in [1.54, 1.807) is 31.5 Å². The SMILES string of the molecule is COc1ccc2c(c1)c1ncccc1n2Cc1ccccc1S(N)(=O)=O. The highest BCUT2D eigenvalue weighted by Gasteiger charge is 2.17. The van der Waals surface area contributed by atoms with Gasteiger partial charge in [-0.2, -0.15) is 0 Å². The van der Waals surface area contributed by atoms with E-state index in [0.717, 1.165) is 27.7 Å². The number of hydrogen-bond acceptors (Lipinski definition) is 4. The van der Waals surface area contributed by atoms with E-state index in [9.17, 15) is 8.42 Å². The molecular weight excluding hydrogens is 350 g/mol. The molecule has 0 atom stereocenters. The van der Waals surface area contributed by atoms with Gasteiger partial charge >= 0.3 is 0 Å². The monoisotopic (exact) mass is 367 g/mol. The Morgan fingerprint density at radius 3 is 2.65 bits per heavy atom. The molecule has 2 heterocycles. The molecule has 0 saturated heterocycles. The Morgan fingerprint density at radius 2 is 1.88 bits per heavy atom. The lowest BCUT2D eigenvalue weighted by Crippen LogP contribution is -2.15. The largest absolute Gasteiger partial charge is 0.497 e. The van der Waals surface area contributed by atoms with Gasteiger partial charge in [0, 0.05) is 18.1 Å². The third-order valence-corrected chi connectivity index (χ3v) is 5.45. The number of nitrogens with zero attached hydrogens (tertiary/aromatic N) is 2. The van der Waals surface area contributed by atoms with Crippen molar-refractivity contribution in [2.24, 2.45) is 5.14 Å². The van der Waals surface area contributed by atoms with Crippen LogP contribution in [-0.4, -0.2) is 25.1 Å². The lowest BCUT2D eigenvalue weighted by molar-refractivity contribution is 0.415. The van der Waals surface area contributed by atoms with Gasteiger partial charge in [-0.25, -0.2) is 13.6 Å². The van der Waals surface area contributed by atoms with E-state index in [2.05, 4.69) is 4.98 Å². The molecule has 0 bridgehead atoms. The Hall–Kier alpha value is -2.90. The van der Waals surface area contributed by atoms with E-state index in [1.807, 2.05) is 34.9 Å². The Balaban J connectivity index is 1.98. The number of nitrogens with two attached hydrogens (primary N) is 1. The summed E-state index contributed by atoms with van der Waals surface area (Å²) in [6.45, 7) is 0.366. The van der Waals surface area contributed by atoms with Gasteiger partial charge < -0.3 is 9.30 Å². The van der Waals surface area contributed by atoms with E-state index >= 15 is 0 Å². The van der Waals surface area contributed by atoms with Crippen LogP contribution in [0.3, 0.4) is 0 Å². The van der Waals surface area contributed by atoms with Crippen molar-refractivity contribution >= 4 is 32.0 Å². The van der Waals surface area contributed by atoms with Crippen LogP contribution in [0.25, 0.3) is 21.9 Å². The molecule has 2 aromatic carbocycles. The molecule has 4 rings (SSSR count). The molecule has 0 saturated carbocycles. The predicted octanol–water partition coefficient (Wildman–Crippen LogP) is 2.89. The zero-order chi connectivity index (χ0) is 18.3. The summed E-state index contributed by atoms with van der Waals surface area (Å²) < 4.78 is 31.2. The number of pyridine rings is 1. The Bertz CT molecular complexity index is 1230. The van der Waals surface area contributed by atoms with Gasteiger partial charge in [0.05, 0.1) is 28.6 Å². The van der Waals surface area contributed by atoms with Gasteiger partial charge in [-0.1, -0.05) is 18.2 Å². The summed E-state index contributed by atoms with van der Waals surface area (Å²) in [5.41, 5.74) is 3.34. The number of hydrogen-bond donors (Lipinski definition) is 1. The highest BCUT2D eigenvalue weighted by Crippen LogP contribution is 2.31. The van der Waals surface area contributed by atoms with E-state index in [1.165, 1.54) is 6.07 Å². The second kappa shape index (κ2) is 6.12. The van der Waals surface area contributed by atoms with Crippen molar-refractivity contribution in [2.75, 3.05) is 7.11 Å². The number of aromatic nitrogens is 2. The molecule has 0 aliphatic carbocycles. The molecule has 2 aromatic heterocycles. The molecule has 132 valence electrons. The number of ether oxygens (including phenoxy) is 1. The average molecular weight is 367 g/mol. The highest BCUT2D eigenvalue weighted by atomic mass is 32.2. The zero-order valence-electron chi connectivity index (χ0n) is 14.1. The number of benzene rings is 2. The van der Waals surface area contributed by atoms with Crippen molar-refractivity contribution in [1.82, 2.24) is 9.55 Å². The van der Waals surface area contributed by atoms with Crippen molar-refractivity contribution in [2.45, 2.75) is 11.4 Å². The Kier molecular flexibility index (Phi) is 3.90. The highest BCUT2D eigenvalue weighted by molar-refractivity contribution is 7.89. The molecule has 0 fully saturated rings. The first-order chi connectivity index (χ1) is 12.5. The molecule has 0 radical (unpaired) electrons. The fourth-order valence-electron chi connectivity index (χ4n) is 3.27. The molecular formula is C19H17N3O3S. The summed E-state index contributed by atoms with van der Waals surface area (Å²) >= 11 is 0. The minimum atomic E-state index is -3.80. The van der Waals surface area contributed by atoms with Crippen molar-refractivity contribution in [3.8, 4) is 5.75 Å². The third kappa shape index (κ3) is 2.71. The summed E-state index contributed by atoms with van der Waals surface area (Å²) in [6, 6.07) is 16.4. The molecule has 7 heteroatoms. The van der Waals surface area contributed by atoms with Gasteiger partial charge in [-0.3, -0.25) is 4.98 Å². The molecule has 0 aliphatic rings. The maximum absolute atomic E-state index is 11.9. The van der Waals surface area contributed by atoms with Crippen molar-refractivity contribution in [3.05, 3.63) is 66.4 Å². The molecule has 0 aliphatic heterocycles. The van der Waals surface area contributed by atoms with E-state index < -0.39 is 10.0 Å². The third-order valence-electron chi connectivity index (χ3n) is 4.43. The summed E-state index contributed by atoms with van der Waals surface area (Å²) in [5, 5.41) is 6.34. The fraction of sp³-hybridized carbons (Fsp3) is 0.105. The van der Waals surface area contributed by atoms with Crippen LogP contribution in [0.1, 0.15) is 5.56 Å². The maximum Gasteiger partial charge on any atom is 0.238 e. The van der Waals surface area contributed by atoms with Crippen LogP contribution >= 0.6 is 0 Å². The summed E-state index contributed by atoms with van der Waals surface area (Å²) in [6.07, 6.45) is 1.74. The lowest BCUT2D eigenvalue weighted by atomic mass is 10.2. The van der Waals surface area contributed by atoms with Gasteiger partial charge in [0.1, 0.15) is 5.75 Å². The molecule has 4 aromatic rings. The maximum atomic E-state index is 11.9. The van der Waals surface area contributed by atoms with Crippen LogP contribution in [0.15, 0.2) is 65.7 Å². The van der Waals surface area contributed by atoms with Crippen LogP contribution in [-0.2, 0) is 16.6 Å². The topological polar surface area (TPSA) is 87.2 Å². The van der Waals surface area contributed by atoms with Gasteiger partial charge in [0.25, 0.3) is 0 Å². The number of primary sulfonamides is 1. The normalized spacial score (nSPS) is 11.9. The smallest absolute Gasteiger partial charge is 0.238 e. The summed E-state index contributed by atoms with van der Waals surface area (Å²) in [4.78, 5) is 4.63. The molecule has 6 nitrogen and oxygen atoms in total. The van der Waals surface area contributed by atoms with Crippen molar-refractivity contribution < 1.29 is 13.2 Å². The van der Waals surface area contributed by atoms with Gasteiger partial charge in [-0.15, -0.1) is 0 Å². The zero-order valence-corrected chi connectivity index (χ0v) is 14.9. The van der Waals surface area contributed by atoms with Crippen molar-refractivity contribution in [3.63, 3.8) is 0 Å². The molecule has 0 unspecified atom stereocenters. The average Bonchev–Trinajstić information content (AvgIpc) is 2.95. The first-order valence-electron chi connectivity index (χ1n) is 8.01. The summed E-state index contributed by atoms with van der Waals surface area (Å²) in [7, 11) is -2.18. The number of methoxy groups -OCH3 is 1. The first-order valence-corrected chi connectivity index (χ1v) is 9.55. The second-order valence-corrected chi connectivity index (χ2v) is 7.52. The van der Waals surface area contributed by atoms with Crippen molar-refractivity contribution in [1.29, 1.82) is 0 Å². The number of fused-ring (bicyclic) bond motifs is 3. The van der Waals surface area contributed by atoms with Crippen LogP contribution < -0.4 is 9.88 Å². The fourth-order valence-corrected chi connectivity index (χ4v) is 4.04. The van der Waals surface area contributed by atoms with Crippen LogP contribution in [0.5, 0.6) is 5.75 Å². The molecule has 0 amide bonds. The quantitative estimate of drug-likeness (QED) is 0.601. The van der Waals surface area contributed by atoms with E-state index in [-0.39, 0.29) is 4.90 Å². The summed E-state index contributed by atoms with van der Waals surface area (Å²) in [5.74, 6) is 0.743. The van der Waals surface area contributed by atoms with Gasteiger partial charge in [-0.05, 0) is 42.0 Å². The molecule has 26 heavy (non-hydrogen) atoms. The molecule has 2 N–H and O–H groups in total. The standard InChI is InChI=1S/C19H17N3O3S/c1-25-14-8-9-16-15(11-14)19-17(6-4-10-21-19)22(16)12-13-5-2-3-7-18(13)26(20,23)24/h2-11H,12H2,1H3,(H2,20,23,24). The van der Waals surface area contributed by atoms with Crippen LogP contribution in [0.2, 0.25) is 0 Å². The van der Waals surface area contributed by atoms with E-state index in [4.69, 9.17) is 9.88 Å². The Labute approximate surface area is 150 Å². The van der Waals surface area contributed by atoms with Crippen LogP contribution in [0, 0.1) is 0 Å². The predicted molar refractivity (Wildman–Crippen MR) is 101 cm³/mol. The lowest BCUT2D eigenvalue weighted by Gasteiger charge is -2.11. The first kappa shape index (κ1) is 16.6. The van der Waals surface area contributed by atoms with Gasteiger partial charge in [0.2, 0.25) is 10.0 Å². The van der Waals surface area contributed by atoms with E-state index in [0.29, 0.717) is 12.1 Å².